The van der Waals surface area contributed by atoms with Gasteiger partial charge in [0.25, 0.3) is 0 Å². The minimum absolute atomic E-state index is 0.157. The summed E-state index contributed by atoms with van der Waals surface area (Å²) < 4.78 is 4.65. The maximum Gasteiger partial charge on any atom is 0.238 e. The molecule has 0 N–H and O–H groups in total. The highest BCUT2D eigenvalue weighted by Gasteiger charge is 2.35. The van der Waals surface area contributed by atoms with Gasteiger partial charge >= 0.3 is 0 Å². The molecular formula is C48H38B5N5. The third-order valence-corrected chi connectivity index (χ3v) is 13.4. The molecule has 0 fully saturated rings. The van der Waals surface area contributed by atoms with E-state index >= 15 is 0 Å². The Kier molecular flexibility index (Phi) is 7.47. The molecule has 270 valence electrons. The Morgan fingerprint density at radius 2 is 0.983 bits per heavy atom. The minimum Gasteiger partial charge on any atom is -0.309 e. The smallest absolute Gasteiger partial charge is 0.238 e. The van der Waals surface area contributed by atoms with Crippen LogP contribution < -0.4 is 27.3 Å². The number of nitrogens with zero attached hydrogens (tertiary/aromatic N) is 5. The molecule has 5 nitrogen and oxygen atoms in total. The molecule has 0 saturated carbocycles. The van der Waals surface area contributed by atoms with Crippen molar-refractivity contribution in [3.05, 3.63) is 145 Å². The summed E-state index contributed by atoms with van der Waals surface area (Å²) in [4.78, 5) is 16.3. The Morgan fingerprint density at radius 1 is 0.448 bits per heavy atom. The first kappa shape index (κ1) is 34.7. The van der Waals surface area contributed by atoms with Crippen LogP contribution in [0.4, 0.5) is 0 Å². The van der Waals surface area contributed by atoms with Gasteiger partial charge in [0.05, 0.1) is 22.1 Å². The molecule has 0 amide bonds. The number of hydrogen-bond acceptors (Lipinski definition) is 3. The summed E-state index contributed by atoms with van der Waals surface area (Å²) in [7, 11) is 11.1. The zero-order valence-electron chi connectivity index (χ0n) is 33.9. The zero-order chi connectivity index (χ0) is 39.6. The number of aromatic nitrogens is 5. The van der Waals surface area contributed by atoms with Gasteiger partial charge in [-0.2, -0.15) is 9.97 Å². The maximum atomic E-state index is 5.47. The molecule has 0 radical (unpaired) electrons. The fraction of sp³-hybridized carbons (Fsp3) is 0.0625. The minimum atomic E-state index is -0.157. The van der Waals surface area contributed by atoms with Crippen molar-refractivity contribution < 1.29 is 0 Å². The lowest BCUT2D eigenvalue weighted by Gasteiger charge is -2.22. The van der Waals surface area contributed by atoms with E-state index in [9.17, 15) is 0 Å². The fourth-order valence-corrected chi connectivity index (χ4v) is 9.97. The Labute approximate surface area is 342 Å². The lowest BCUT2D eigenvalue weighted by molar-refractivity contribution is 0.660. The summed E-state index contributed by atoms with van der Waals surface area (Å²) in [6.07, 6.45) is 0. The molecule has 0 spiro atoms. The third kappa shape index (κ3) is 4.75. The van der Waals surface area contributed by atoms with Gasteiger partial charge in [0.15, 0.2) is 11.6 Å². The molecule has 3 heterocycles. The van der Waals surface area contributed by atoms with E-state index in [0.717, 1.165) is 33.2 Å². The summed E-state index contributed by atoms with van der Waals surface area (Å²) in [5, 5.41) is 4.78. The van der Waals surface area contributed by atoms with Crippen LogP contribution in [0.5, 0.6) is 0 Å². The maximum absolute atomic E-state index is 5.47. The summed E-state index contributed by atoms with van der Waals surface area (Å²) in [5.41, 5.74) is 19.0. The van der Waals surface area contributed by atoms with Gasteiger partial charge in [-0.15, -0.1) is 16.4 Å². The third-order valence-electron chi connectivity index (χ3n) is 13.4. The fourth-order valence-electron chi connectivity index (χ4n) is 9.97. The van der Waals surface area contributed by atoms with Crippen molar-refractivity contribution in [1.82, 2.24) is 24.1 Å². The number of benzene rings is 7. The van der Waals surface area contributed by atoms with Crippen LogP contribution in [0.25, 0.3) is 89.2 Å². The lowest BCUT2D eigenvalue weighted by atomic mass is 9.60. The molecule has 0 unspecified atom stereocenters. The Balaban J connectivity index is 1.23. The van der Waals surface area contributed by atoms with Crippen LogP contribution >= 0.6 is 0 Å². The first-order valence-electron chi connectivity index (χ1n) is 20.2. The average Bonchev–Trinajstić information content (AvgIpc) is 3.85. The highest BCUT2D eigenvalue weighted by molar-refractivity contribution is 6.68. The van der Waals surface area contributed by atoms with E-state index in [1.54, 1.807) is 0 Å². The predicted molar refractivity (Wildman–Crippen MR) is 258 cm³/mol. The molecule has 1 aliphatic carbocycles. The second-order valence-corrected chi connectivity index (χ2v) is 16.6. The van der Waals surface area contributed by atoms with Crippen LogP contribution in [0, 0.1) is 0 Å². The molecule has 10 heteroatoms. The van der Waals surface area contributed by atoms with Crippen molar-refractivity contribution in [3.63, 3.8) is 0 Å². The van der Waals surface area contributed by atoms with Crippen LogP contribution in [0.3, 0.4) is 0 Å². The van der Waals surface area contributed by atoms with Crippen molar-refractivity contribution in [3.8, 4) is 45.5 Å². The van der Waals surface area contributed by atoms with Crippen LogP contribution in [-0.4, -0.2) is 63.3 Å². The number of hydrogen-bond donors (Lipinski definition) is 0. The van der Waals surface area contributed by atoms with Gasteiger partial charge in [0.2, 0.25) is 5.95 Å². The SMILES string of the molecule is Bc1c(B)c(B)c(-c2nc(-c3ccc4c(c3)C(C)(C)c3ccccc3-4)nc(-n3c4ccccc4c4c5c6ccccc6n(-c6ccccc6)c5ccc43)n2)c(B)c1B. The highest BCUT2D eigenvalue weighted by Crippen LogP contribution is 2.49. The molecule has 0 saturated heterocycles. The van der Waals surface area contributed by atoms with E-state index in [-0.39, 0.29) is 5.41 Å². The van der Waals surface area contributed by atoms with E-state index in [4.69, 9.17) is 15.0 Å². The number of fused-ring (bicyclic) bond motifs is 10. The van der Waals surface area contributed by atoms with E-state index in [2.05, 4.69) is 196 Å². The van der Waals surface area contributed by atoms with E-state index in [0.29, 0.717) is 17.6 Å². The van der Waals surface area contributed by atoms with Gasteiger partial charge in [-0.1, -0.05) is 116 Å². The Hall–Kier alpha value is -6.53. The van der Waals surface area contributed by atoms with Gasteiger partial charge in [0, 0.05) is 43.8 Å². The molecule has 7 aromatic carbocycles. The van der Waals surface area contributed by atoms with Gasteiger partial charge in [-0.3, -0.25) is 4.57 Å². The van der Waals surface area contributed by atoms with E-state index in [1.807, 2.05) is 0 Å². The summed E-state index contributed by atoms with van der Waals surface area (Å²) >= 11 is 0. The predicted octanol–water partition coefficient (Wildman–Crippen LogP) is 3.00. The standard InChI is InChI=1S/C48H38B5N5/c1-48(2)31-17-9-6-14-27(31)28-21-20-25(24-32(28)48)45-54-46(39-40(49)42(51)44(53)43(52)41(39)50)56-47(55-45)58-34-19-11-8-16-30(34)38-36(58)23-22-35-37(38)29-15-7-10-18-33(29)57(35)26-12-4-3-5-13-26/h3-24H,49-53H2,1-2H3. The molecule has 58 heavy (non-hydrogen) atoms. The Morgan fingerprint density at radius 3 is 1.67 bits per heavy atom. The largest absolute Gasteiger partial charge is 0.309 e. The van der Waals surface area contributed by atoms with Crippen molar-refractivity contribution in [1.29, 1.82) is 0 Å². The van der Waals surface area contributed by atoms with Gasteiger partial charge in [-0.25, -0.2) is 4.98 Å². The van der Waals surface area contributed by atoms with E-state index in [1.165, 1.54) is 76.8 Å². The summed E-state index contributed by atoms with van der Waals surface area (Å²) in [6, 6.07) is 48.2. The van der Waals surface area contributed by atoms with Gasteiger partial charge in [0.1, 0.15) is 39.2 Å². The molecule has 3 aromatic heterocycles. The molecular weight excluding hydrogens is 701 g/mol. The van der Waals surface area contributed by atoms with E-state index < -0.39 is 0 Å². The second-order valence-electron chi connectivity index (χ2n) is 16.6. The lowest BCUT2D eigenvalue weighted by Crippen LogP contribution is -2.55. The monoisotopic (exact) mass is 739 g/mol. The zero-order valence-corrected chi connectivity index (χ0v) is 33.9. The topological polar surface area (TPSA) is 48.5 Å². The van der Waals surface area contributed by atoms with Crippen LogP contribution in [-0.2, 0) is 5.41 Å². The van der Waals surface area contributed by atoms with Crippen LogP contribution in [0.15, 0.2) is 133 Å². The number of rotatable bonds is 4. The van der Waals surface area contributed by atoms with Crippen molar-refractivity contribution in [2.75, 3.05) is 0 Å². The number of para-hydroxylation sites is 3. The molecule has 0 bridgehead atoms. The highest BCUT2D eigenvalue weighted by atomic mass is 15.2. The average molecular weight is 739 g/mol. The van der Waals surface area contributed by atoms with Crippen molar-refractivity contribution in [2.45, 2.75) is 19.3 Å². The van der Waals surface area contributed by atoms with Crippen molar-refractivity contribution in [2.24, 2.45) is 0 Å². The van der Waals surface area contributed by atoms with Gasteiger partial charge < -0.3 is 4.57 Å². The second kappa shape index (κ2) is 12.5. The van der Waals surface area contributed by atoms with Crippen molar-refractivity contribution >= 4 is 110 Å². The normalized spacial score (nSPS) is 13.1. The molecule has 0 aliphatic heterocycles. The summed E-state index contributed by atoms with van der Waals surface area (Å²) in [6.45, 7) is 4.65. The first-order chi connectivity index (χ1) is 28.1. The Bertz CT molecular complexity index is 3360. The first-order valence-corrected chi connectivity index (χ1v) is 20.2. The molecule has 1 aliphatic rings. The molecule has 10 aromatic rings. The summed E-state index contributed by atoms with van der Waals surface area (Å²) in [5.74, 6) is 1.96. The molecule has 0 atom stereocenters. The van der Waals surface area contributed by atoms with Gasteiger partial charge in [-0.05, 0) is 64.7 Å². The quantitative estimate of drug-likeness (QED) is 0.261. The van der Waals surface area contributed by atoms with Crippen LogP contribution in [0.1, 0.15) is 25.0 Å². The molecule has 11 rings (SSSR count). The van der Waals surface area contributed by atoms with Crippen LogP contribution in [0.2, 0.25) is 0 Å².